The number of hydrogen-bond acceptors (Lipinski definition) is 5. The Morgan fingerprint density at radius 3 is 3.00 bits per heavy atom. The normalized spacial score (nSPS) is 14.4. The maximum atomic E-state index is 5.83. The Bertz CT molecular complexity index is 791. The van der Waals surface area contributed by atoms with E-state index in [2.05, 4.69) is 43.5 Å². The van der Waals surface area contributed by atoms with Crippen LogP contribution in [-0.4, -0.2) is 26.5 Å². The molecule has 0 spiro atoms. The van der Waals surface area contributed by atoms with Crippen LogP contribution in [-0.2, 0) is 13.0 Å². The predicted octanol–water partition coefficient (Wildman–Crippen LogP) is 1.25. The van der Waals surface area contributed by atoms with Crippen LogP contribution in [0.1, 0.15) is 11.1 Å². The highest BCUT2D eigenvalue weighted by Crippen LogP contribution is 2.25. The van der Waals surface area contributed by atoms with Crippen LogP contribution in [0.25, 0.3) is 22.6 Å². The van der Waals surface area contributed by atoms with Crippen molar-refractivity contribution in [3.8, 4) is 11.4 Å². The first-order valence-electron chi connectivity index (χ1n) is 6.60. The Balaban J connectivity index is 1.84. The van der Waals surface area contributed by atoms with Gasteiger partial charge in [-0.2, -0.15) is 0 Å². The molecule has 20 heavy (non-hydrogen) atoms. The molecular formula is C14H14N6. The number of nitrogens with zero attached hydrogens (tertiary/aromatic N) is 3. The average molecular weight is 266 g/mol. The van der Waals surface area contributed by atoms with E-state index in [1.165, 1.54) is 17.5 Å². The van der Waals surface area contributed by atoms with E-state index in [4.69, 9.17) is 5.73 Å². The number of imidazole rings is 1. The fourth-order valence-corrected chi connectivity index (χ4v) is 2.61. The summed E-state index contributed by atoms with van der Waals surface area (Å²) in [5.41, 5.74) is 10.9. The first kappa shape index (κ1) is 11.4. The van der Waals surface area contributed by atoms with Gasteiger partial charge < -0.3 is 16.0 Å². The van der Waals surface area contributed by atoms with Crippen LogP contribution in [0.5, 0.6) is 0 Å². The van der Waals surface area contributed by atoms with Crippen LogP contribution in [0.3, 0.4) is 0 Å². The number of rotatable bonds is 1. The van der Waals surface area contributed by atoms with Crippen LogP contribution in [0.15, 0.2) is 24.5 Å². The van der Waals surface area contributed by atoms with Crippen molar-refractivity contribution in [2.75, 3.05) is 12.3 Å². The smallest absolute Gasteiger partial charge is 0.183 e. The van der Waals surface area contributed by atoms with Gasteiger partial charge in [0.2, 0.25) is 0 Å². The van der Waals surface area contributed by atoms with Crippen molar-refractivity contribution >= 4 is 17.0 Å². The maximum absolute atomic E-state index is 5.83. The van der Waals surface area contributed by atoms with Gasteiger partial charge in [-0.15, -0.1) is 0 Å². The number of benzene rings is 1. The molecule has 0 bridgehead atoms. The second-order valence-electron chi connectivity index (χ2n) is 4.95. The molecule has 100 valence electrons. The van der Waals surface area contributed by atoms with Crippen LogP contribution in [0, 0.1) is 0 Å². The van der Waals surface area contributed by atoms with E-state index in [0.717, 1.165) is 30.9 Å². The summed E-state index contributed by atoms with van der Waals surface area (Å²) in [7, 11) is 0. The third-order valence-corrected chi connectivity index (χ3v) is 3.68. The van der Waals surface area contributed by atoms with E-state index in [-0.39, 0.29) is 0 Å². The summed E-state index contributed by atoms with van der Waals surface area (Å²) >= 11 is 0. The number of nitrogens with two attached hydrogens (primary N) is 1. The Hall–Kier alpha value is -2.47. The first-order chi connectivity index (χ1) is 9.81. The van der Waals surface area contributed by atoms with Gasteiger partial charge in [0.25, 0.3) is 0 Å². The molecular weight excluding hydrogens is 252 g/mol. The Labute approximate surface area is 115 Å². The standard InChI is InChI=1S/C14H14N6/c15-12-11-14(18-7-17-12)20-13(19-11)9-2-1-8-3-4-16-6-10(8)5-9/h1-2,5,7,16H,3-4,6H2,(H3,15,17,18,19,20). The summed E-state index contributed by atoms with van der Waals surface area (Å²) in [6.45, 7) is 1.95. The maximum Gasteiger partial charge on any atom is 0.183 e. The number of hydrogen-bond donors (Lipinski definition) is 3. The molecule has 2 aromatic heterocycles. The minimum Gasteiger partial charge on any atom is -0.382 e. The largest absolute Gasteiger partial charge is 0.382 e. The van der Waals surface area contributed by atoms with Crippen molar-refractivity contribution in [2.45, 2.75) is 13.0 Å². The number of anilines is 1. The van der Waals surface area contributed by atoms with Crippen molar-refractivity contribution in [1.29, 1.82) is 0 Å². The van der Waals surface area contributed by atoms with Gasteiger partial charge in [-0.1, -0.05) is 12.1 Å². The monoisotopic (exact) mass is 266 g/mol. The van der Waals surface area contributed by atoms with E-state index in [1.807, 2.05) is 0 Å². The Morgan fingerprint density at radius 1 is 1.15 bits per heavy atom. The van der Waals surface area contributed by atoms with Gasteiger partial charge in [-0.25, -0.2) is 15.0 Å². The zero-order chi connectivity index (χ0) is 13.5. The van der Waals surface area contributed by atoms with Crippen molar-refractivity contribution in [3.05, 3.63) is 35.7 Å². The molecule has 0 amide bonds. The SMILES string of the molecule is Nc1ncnc2nc(-c3ccc4c(c3)CNCC4)[nH]c12. The van der Waals surface area contributed by atoms with Crippen LogP contribution in [0.4, 0.5) is 5.82 Å². The summed E-state index contributed by atoms with van der Waals surface area (Å²) in [6.07, 6.45) is 2.51. The molecule has 0 fully saturated rings. The molecule has 0 saturated heterocycles. The molecule has 0 unspecified atom stereocenters. The van der Waals surface area contributed by atoms with Gasteiger partial charge in [0, 0.05) is 12.1 Å². The van der Waals surface area contributed by atoms with E-state index < -0.39 is 0 Å². The lowest BCUT2D eigenvalue weighted by atomic mass is 9.98. The number of aromatic nitrogens is 4. The highest BCUT2D eigenvalue weighted by atomic mass is 15.0. The highest BCUT2D eigenvalue weighted by molar-refractivity contribution is 5.84. The van der Waals surface area contributed by atoms with E-state index in [1.54, 1.807) is 0 Å². The van der Waals surface area contributed by atoms with Crippen molar-refractivity contribution in [3.63, 3.8) is 0 Å². The van der Waals surface area contributed by atoms with Crippen molar-refractivity contribution < 1.29 is 0 Å². The lowest BCUT2D eigenvalue weighted by molar-refractivity contribution is 0.644. The summed E-state index contributed by atoms with van der Waals surface area (Å²) in [4.78, 5) is 15.8. The number of aromatic amines is 1. The quantitative estimate of drug-likeness (QED) is 0.616. The van der Waals surface area contributed by atoms with Crippen molar-refractivity contribution in [1.82, 2.24) is 25.3 Å². The molecule has 1 aliphatic heterocycles. The molecule has 1 aromatic carbocycles. The molecule has 0 atom stereocenters. The van der Waals surface area contributed by atoms with E-state index >= 15 is 0 Å². The highest BCUT2D eigenvalue weighted by Gasteiger charge is 2.13. The molecule has 4 N–H and O–H groups in total. The summed E-state index contributed by atoms with van der Waals surface area (Å²) in [6, 6.07) is 6.43. The molecule has 1 aliphatic rings. The molecule has 0 radical (unpaired) electrons. The molecule has 4 rings (SSSR count). The fraction of sp³-hybridized carbons (Fsp3) is 0.214. The topological polar surface area (TPSA) is 92.5 Å². The molecule has 0 saturated carbocycles. The average Bonchev–Trinajstić information content (AvgIpc) is 2.92. The zero-order valence-corrected chi connectivity index (χ0v) is 10.8. The van der Waals surface area contributed by atoms with Gasteiger partial charge in [0.15, 0.2) is 11.5 Å². The molecule has 3 aromatic rings. The Kier molecular flexibility index (Phi) is 2.43. The predicted molar refractivity (Wildman–Crippen MR) is 76.9 cm³/mol. The fourth-order valence-electron chi connectivity index (χ4n) is 2.61. The third kappa shape index (κ3) is 1.73. The number of fused-ring (bicyclic) bond motifs is 2. The second-order valence-corrected chi connectivity index (χ2v) is 4.95. The minimum absolute atomic E-state index is 0.424. The van der Waals surface area contributed by atoms with E-state index in [9.17, 15) is 0 Å². The van der Waals surface area contributed by atoms with Gasteiger partial charge in [-0.3, -0.25) is 0 Å². The van der Waals surface area contributed by atoms with Gasteiger partial charge in [-0.05, 0) is 30.2 Å². The van der Waals surface area contributed by atoms with Crippen LogP contribution < -0.4 is 11.1 Å². The second kappa shape index (κ2) is 4.28. The summed E-state index contributed by atoms with van der Waals surface area (Å²) < 4.78 is 0. The third-order valence-electron chi connectivity index (χ3n) is 3.68. The first-order valence-corrected chi connectivity index (χ1v) is 6.60. The van der Waals surface area contributed by atoms with Gasteiger partial charge in [0.1, 0.15) is 17.7 Å². The van der Waals surface area contributed by atoms with Gasteiger partial charge in [0.05, 0.1) is 0 Å². The molecule has 6 nitrogen and oxygen atoms in total. The lowest BCUT2D eigenvalue weighted by Gasteiger charge is -2.17. The number of nitrogens with one attached hydrogen (secondary N) is 2. The lowest BCUT2D eigenvalue weighted by Crippen LogP contribution is -2.23. The Morgan fingerprint density at radius 2 is 2.10 bits per heavy atom. The van der Waals surface area contributed by atoms with Crippen molar-refractivity contribution in [2.24, 2.45) is 0 Å². The zero-order valence-electron chi connectivity index (χ0n) is 10.8. The molecule has 0 aliphatic carbocycles. The van der Waals surface area contributed by atoms with Crippen LogP contribution >= 0.6 is 0 Å². The minimum atomic E-state index is 0.424. The number of H-pyrrole nitrogens is 1. The van der Waals surface area contributed by atoms with Gasteiger partial charge >= 0.3 is 0 Å². The summed E-state index contributed by atoms with van der Waals surface area (Å²) in [5.74, 6) is 1.20. The summed E-state index contributed by atoms with van der Waals surface area (Å²) in [5, 5.41) is 3.38. The van der Waals surface area contributed by atoms with Crippen LogP contribution in [0.2, 0.25) is 0 Å². The van der Waals surface area contributed by atoms with E-state index in [0.29, 0.717) is 17.0 Å². The number of nitrogen functional groups attached to an aromatic ring is 1. The molecule has 6 heteroatoms. The molecule has 3 heterocycles.